The van der Waals surface area contributed by atoms with Gasteiger partial charge in [-0.25, -0.2) is 4.98 Å². The summed E-state index contributed by atoms with van der Waals surface area (Å²) in [6, 6.07) is 6.38. The first kappa shape index (κ1) is 14.1. The number of benzene rings is 1. The molecule has 0 saturated carbocycles. The number of aryl methyl sites for hydroxylation is 1. The number of aromatic nitrogens is 2. The fourth-order valence-electron chi connectivity index (χ4n) is 1.97. The Bertz CT molecular complexity index is 553. The summed E-state index contributed by atoms with van der Waals surface area (Å²) < 4.78 is 8.34. The van der Waals surface area contributed by atoms with Gasteiger partial charge in [0.15, 0.2) is 0 Å². The van der Waals surface area contributed by atoms with Crippen molar-refractivity contribution in [3.05, 3.63) is 40.6 Å². The predicted molar refractivity (Wildman–Crippen MR) is 81.0 cm³/mol. The second-order valence-electron chi connectivity index (χ2n) is 4.55. The highest BCUT2D eigenvalue weighted by Gasteiger charge is 2.10. The van der Waals surface area contributed by atoms with Gasteiger partial charge in [-0.3, -0.25) is 0 Å². The molecule has 0 aliphatic rings. The highest BCUT2D eigenvalue weighted by Crippen LogP contribution is 2.24. The van der Waals surface area contributed by atoms with Crippen molar-refractivity contribution in [2.45, 2.75) is 19.9 Å². The van der Waals surface area contributed by atoms with Crippen LogP contribution in [0.25, 0.3) is 0 Å². The van der Waals surface area contributed by atoms with Crippen molar-refractivity contribution < 1.29 is 4.74 Å². The number of methoxy groups -OCH3 is 1. The van der Waals surface area contributed by atoms with E-state index in [0.29, 0.717) is 6.61 Å². The van der Waals surface area contributed by atoms with E-state index < -0.39 is 0 Å². The van der Waals surface area contributed by atoms with Crippen LogP contribution < -0.4 is 5.32 Å². The van der Waals surface area contributed by atoms with Gasteiger partial charge < -0.3 is 14.6 Å². The van der Waals surface area contributed by atoms with Gasteiger partial charge in [-0.05, 0) is 37.6 Å². The zero-order valence-electron chi connectivity index (χ0n) is 11.4. The van der Waals surface area contributed by atoms with Gasteiger partial charge in [0.1, 0.15) is 0 Å². The standard InChI is InChI=1S/C14H18BrN3O/c1-10-8-12(15)4-5-13(10)17-14-16-6-7-18(14)11(2)9-19-3/h4-8,11H,9H2,1-3H3,(H,16,17). The van der Waals surface area contributed by atoms with Crippen molar-refractivity contribution in [1.29, 1.82) is 0 Å². The molecule has 0 bridgehead atoms. The predicted octanol–water partition coefficient (Wildman–Crippen LogP) is 3.91. The third-order valence-corrected chi connectivity index (χ3v) is 3.48. The van der Waals surface area contributed by atoms with E-state index in [1.54, 1.807) is 13.3 Å². The van der Waals surface area contributed by atoms with Gasteiger partial charge >= 0.3 is 0 Å². The highest BCUT2D eigenvalue weighted by molar-refractivity contribution is 9.10. The van der Waals surface area contributed by atoms with Crippen LogP contribution in [0, 0.1) is 6.92 Å². The fraction of sp³-hybridized carbons (Fsp3) is 0.357. The lowest BCUT2D eigenvalue weighted by Gasteiger charge is -2.17. The van der Waals surface area contributed by atoms with Crippen molar-refractivity contribution in [2.24, 2.45) is 0 Å². The molecule has 1 atom stereocenters. The number of anilines is 2. The minimum Gasteiger partial charge on any atom is -0.383 e. The van der Waals surface area contributed by atoms with E-state index in [9.17, 15) is 0 Å². The Balaban J connectivity index is 2.21. The second kappa shape index (κ2) is 6.21. The molecular formula is C14H18BrN3O. The first-order chi connectivity index (χ1) is 9.11. The summed E-state index contributed by atoms with van der Waals surface area (Å²) in [6.45, 7) is 4.83. The summed E-state index contributed by atoms with van der Waals surface area (Å²) >= 11 is 3.47. The number of hydrogen-bond acceptors (Lipinski definition) is 3. The van der Waals surface area contributed by atoms with Gasteiger partial charge in [0.2, 0.25) is 5.95 Å². The molecule has 5 heteroatoms. The fourth-order valence-corrected chi connectivity index (χ4v) is 2.45. The minimum atomic E-state index is 0.241. The molecule has 4 nitrogen and oxygen atoms in total. The van der Waals surface area contributed by atoms with Crippen molar-refractivity contribution in [1.82, 2.24) is 9.55 Å². The number of hydrogen-bond donors (Lipinski definition) is 1. The summed E-state index contributed by atoms with van der Waals surface area (Å²) in [6.07, 6.45) is 3.75. The quantitative estimate of drug-likeness (QED) is 0.906. The molecule has 0 aliphatic heterocycles. The van der Waals surface area contributed by atoms with Crippen LogP contribution in [0.2, 0.25) is 0 Å². The number of ether oxygens (including phenoxy) is 1. The summed E-state index contributed by atoms with van der Waals surface area (Å²) in [5.41, 5.74) is 2.23. The third kappa shape index (κ3) is 3.36. The van der Waals surface area contributed by atoms with E-state index in [0.717, 1.165) is 16.1 Å². The first-order valence-corrected chi connectivity index (χ1v) is 6.96. The monoisotopic (exact) mass is 323 g/mol. The number of nitrogens with zero attached hydrogens (tertiary/aromatic N) is 2. The molecule has 2 rings (SSSR count). The normalized spacial score (nSPS) is 12.4. The summed E-state index contributed by atoms with van der Waals surface area (Å²) in [5, 5.41) is 3.36. The molecule has 1 aromatic carbocycles. The number of rotatable bonds is 5. The van der Waals surface area contributed by atoms with E-state index >= 15 is 0 Å². The average Bonchev–Trinajstić information content (AvgIpc) is 2.81. The molecule has 0 fully saturated rings. The molecule has 19 heavy (non-hydrogen) atoms. The van der Waals surface area contributed by atoms with E-state index in [-0.39, 0.29) is 6.04 Å². The summed E-state index contributed by atoms with van der Waals surface area (Å²) in [7, 11) is 1.71. The molecule has 1 N–H and O–H groups in total. The van der Waals surface area contributed by atoms with E-state index in [1.165, 1.54) is 5.56 Å². The van der Waals surface area contributed by atoms with E-state index in [1.807, 2.05) is 18.3 Å². The van der Waals surface area contributed by atoms with Crippen LogP contribution in [-0.4, -0.2) is 23.3 Å². The van der Waals surface area contributed by atoms with Crippen molar-refractivity contribution in [2.75, 3.05) is 19.0 Å². The molecule has 1 unspecified atom stereocenters. The highest BCUT2D eigenvalue weighted by atomic mass is 79.9. The molecule has 0 spiro atoms. The summed E-state index contributed by atoms with van der Waals surface area (Å²) in [5.74, 6) is 0.829. The van der Waals surface area contributed by atoms with Gasteiger partial charge in [-0.2, -0.15) is 0 Å². The third-order valence-electron chi connectivity index (χ3n) is 2.99. The molecule has 0 radical (unpaired) electrons. The molecular weight excluding hydrogens is 306 g/mol. The van der Waals surface area contributed by atoms with Crippen LogP contribution in [-0.2, 0) is 4.74 Å². The lowest BCUT2D eigenvalue weighted by atomic mass is 10.2. The molecule has 0 aliphatic carbocycles. The zero-order valence-corrected chi connectivity index (χ0v) is 12.9. The SMILES string of the molecule is COCC(C)n1ccnc1Nc1ccc(Br)cc1C. The van der Waals surface area contributed by atoms with Gasteiger partial charge in [-0.15, -0.1) is 0 Å². The Morgan fingerprint density at radius 2 is 2.26 bits per heavy atom. The molecule has 2 aromatic rings. The minimum absolute atomic E-state index is 0.241. The maximum absolute atomic E-state index is 5.19. The Hall–Kier alpha value is -1.33. The maximum atomic E-state index is 5.19. The molecule has 0 amide bonds. The average molecular weight is 324 g/mol. The van der Waals surface area contributed by atoms with Crippen LogP contribution in [0.4, 0.5) is 11.6 Å². The maximum Gasteiger partial charge on any atom is 0.207 e. The van der Waals surface area contributed by atoms with Crippen LogP contribution >= 0.6 is 15.9 Å². The largest absolute Gasteiger partial charge is 0.383 e. The number of halogens is 1. The molecule has 1 aromatic heterocycles. The lowest BCUT2D eigenvalue weighted by Crippen LogP contribution is -2.13. The number of imidazole rings is 1. The van der Waals surface area contributed by atoms with Crippen LogP contribution in [0.5, 0.6) is 0 Å². The molecule has 0 saturated heterocycles. The van der Waals surface area contributed by atoms with Crippen molar-refractivity contribution in [3.63, 3.8) is 0 Å². The van der Waals surface area contributed by atoms with Gasteiger partial charge in [-0.1, -0.05) is 15.9 Å². The second-order valence-corrected chi connectivity index (χ2v) is 5.46. The van der Waals surface area contributed by atoms with Gasteiger partial charge in [0.05, 0.1) is 12.6 Å². The van der Waals surface area contributed by atoms with Crippen molar-refractivity contribution in [3.8, 4) is 0 Å². The number of nitrogens with one attached hydrogen (secondary N) is 1. The first-order valence-electron chi connectivity index (χ1n) is 6.16. The Labute approximate surface area is 121 Å². The Kier molecular flexibility index (Phi) is 4.61. The van der Waals surface area contributed by atoms with E-state index in [4.69, 9.17) is 4.74 Å². The Morgan fingerprint density at radius 1 is 1.47 bits per heavy atom. The van der Waals surface area contributed by atoms with Crippen LogP contribution in [0.1, 0.15) is 18.5 Å². The zero-order chi connectivity index (χ0) is 13.8. The van der Waals surface area contributed by atoms with E-state index in [2.05, 4.69) is 50.7 Å². The Morgan fingerprint density at radius 3 is 2.95 bits per heavy atom. The van der Waals surface area contributed by atoms with Crippen LogP contribution in [0.3, 0.4) is 0 Å². The van der Waals surface area contributed by atoms with Crippen LogP contribution in [0.15, 0.2) is 35.1 Å². The molecule has 102 valence electrons. The molecule has 1 heterocycles. The van der Waals surface area contributed by atoms with Gasteiger partial charge in [0.25, 0.3) is 0 Å². The van der Waals surface area contributed by atoms with Crippen molar-refractivity contribution >= 4 is 27.6 Å². The van der Waals surface area contributed by atoms with Gasteiger partial charge in [0, 0.05) is 29.7 Å². The smallest absolute Gasteiger partial charge is 0.207 e. The summed E-state index contributed by atoms with van der Waals surface area (Å²) in [4.78, 5) is 4.36. The topological polar surface area (TPSA) is 39.1 Å². The lowest BCUT2D eigenvalue weighted by molar-refractivity contribution is 0.163.